The Bertz CT molecular complexity index is 326. The predicted octanol–water partition coefficient (Wildman–Crippen LogP) is 1.32. The van der Waals surface area contributed by atoms with Crippen LogP contribution in [-0.2, 0) is 4.79 Å². The Labute approximate surface area is 122 Å². The zero-order chi connectivity index (χ0) is 13.8. The molecule has 3 aliphatic rings. The van der Waals surface area contributed by atoms with E-state index in [-0.39, 0.29) is 0 Å². The van der Waals surface area contributed by atoms with Crippen LogP contribution < -0.4 is 5.32 Å². The van der Waals surface area contributed by atoms with E-state index in [0.717, 1.165) is 57.5 Å². The van der Waals surface area contributed by atoms with Gasteiger partial charge in [0.1, 0.15) is 0 Å². The first kappa shape index (κ1) is 14.3. The average molecular weight is 279 g/mol. The van der Waals surface area contributed by atoms with E-state index in [1.165, 1.54) is 32.1 Å². The summed E-state index contributed by atoms with van der Waals surface area (Å²) in [5.74, 6) is 2.08. The number of nitrogens with zero attached hydrogens (tertiary/aromatic N) is 2. The van der Waals surface area contributed by atoms with Gasteiger partial charge in [-0.2, -0.15) is 0 Å². The maximum atomic E-state index is 12.5. The molecule has 114 valence electrons. The van der Waals surface area contributed by atoms with Crippen molar-refractivity contribution in [2.24, 2.45) is 11.8 Å². The van der Waals surface area contributed by atoms with Gasteiger partial charge in [0.2, 0.25) is 5.91 Å². The van der Waals surface area contributed by atoms with E-state index < -0.39 is 0 Å². The summed E-state index contributed by atoms with van der Waals surface area (Å²) in [6.45, 7) is 6.89. The third-order valence-corrected chi connectivity index (χ3v) is 5.44. The van der Waals surface area contributed by atoms with Crippen LogP contribution >= 0.6 is 0 Å². The number of hydrogen-bond acceptors (Lipinski definition) is 3. The minimum Gasteiger partial charge on any atom is -0.341 e. The second kappa shape index (κ2) is 6.90. The lowest BCUT2D eigenvalue weighted by Crippen LogP contribution is -2.48. The zero-order valence-electron chi connectivity index (χ0n) is 12.6. The molecule has 20 heavy (non-hydrogen) atoms. The Morgan fingerprint density at radius 2 is 1.80 bits per heavy atom. The van der Waals surface area contributed by atoms with Crippen LogP contribution in [0.15, 0.2) is 0 Å². The Balaban J connectivity index is 1.49. The standard InChI is InChI=1S/C16H29N3O/c20-16(13-18-9-3-7-17-8-11-18)19-10-6-14-4-1-2-5-15(14)12-19/h14-15,17H,1-13H2. The summed E-state index contributed by atoms with van der Waals surface area (Å²) in [5, 5.41) is 3.40. The Morgan fingerprint density at radius 3 is 2.70 bits per heavy atom. The number of rotatable bonds is 2. The van der Waals surface area contributed by atoms with Crippen LogP contribution in [0.2, 0.25) is 0 Å². The van der Waals surface area contributed by atoms with Crippen molar-refractivity contribution in [1.82, 2.24) is 15.1 Å². The van der Waals surface area contributed by atoms with E-state index in [9.17, 15) is 4.79 Å². The Morgan fingerprint density at radius 1 is 0.950 bits per heavy atom. The molecule has 2 heterocycles. The van der Waals surface area contributed by atoms with Gasteiger partial charge in [-0.1, -0.05) is 19.3 Å². The molecule has 4 nitrogen and oxygen atoms in total. The normalized spacial score (nSPS) is 32.5. The van der Waals surface area contributed by atoms with Crippen molar-refractivity contribution in [3.8, 4) is 0 Å². The average Bonchev–Trinajstić information content (AvgIpc) is 2.75. The molecule has 1 saturated carbocycles. The number of carbonyl (C=O) groups is 1. The molecule has 2 atom stereocenters. The van der Waals surface area contributed by atoms with Gasteiger partial charge in [0.05, 0.1) is 6.54 Å². The van der Waals surface area contributed by atoms with Crippen LogP contribution in [0.5, 0.6) is 0 Å². The van der Waals surface area contributed by atoms with Crippen LogP contribution in [0.25, 0.3) is 0 Å². The molecule has 0 bridgehead atoms. The molecule has 0 spiro atoms. The molecule has 3 fully saturated rings. The summed E-state index contributed by atoms with van der Waals surface area (Å²) in [6.07, 6.45) is 7.96. The fourth-order valence-corrected chi connectivity index (χ4v) is 4.18. The number of piperidine rings is 1. The highest BCUT2D eigenvalue weighted by Crippen LogP contribution is 2.36. The molecule has 1 aliphatic carbocycles. The number of amides is 1. The van der Waals surface area contributed by atoms with E-state index in [1.54, 1.807) is 0 Å². The van der Waals surface area contributed by atoms with Gasteiger partial charge in [-0.05, 0) is 44.2 Å². The molecule has 0 aromatic heterocycles. The molecule has 4 heteroatoms. The van der Waals surface area contributed by atoms with E-state index >= 15 is 0 Å². The molecule has 2 aliphatic heterocycles. The number of hydrogen-bond donors (Lipinski definition) is 1. The first-order valence-electron chi connectivity index (χ1n) is 8.54. The molecule has 0 radical (unpaired) electrons. The summed E-state index contributed by atoms with van der Waals surface area (Å²) in [7, 11) is 0. The highest BCUT2D eigenvalue weighted by Gasteiger charge is 2.33. The Hall–Kier alpha value is -0.610. The van der Waals surface area contributed by atoms with Crippen LogP contribution in [0.3, 0.4) is 0 Å². The second-order valence-electron chi connectivity index (χ2n) is 6.81. The summed E-state index contributed by atoms with van der Waals surface area (Å²) in [5.41, 5.74) is 0. The highest BCUT2D eigenvalue weighted by atomic mass is 16.2. The maximum Gasteiger partial charge on any atom is 0.236 e. The van der Waals surface area contributed by atoms with Gasteiger partial charge < -0.3 is 10.2 Å². The smallest absolute Gasteiger partial charge is 0.236 e. The van der Waals surface area contributed by atoms with E-state index in [4.69, 9.17) is 0 Å². The third-order valence-electron chi connectivity index (χ3n) is 5.44. The zero-order valence-corrected chi connectivity index (χ0v) is 12.6. The van der Waals surface area contributed by atoms with Crippen LogP contribution in [0.1, 0.15) is 38.5 Å². The molecular weight excluding hydrogens is 250 g/mol. The van der Waals surface area contributed by atoms with Gasteiger partial charge >= 0.3 is 0 Å². The van der Waals surface area contributed by atoms with Gasteiger partial charge in [-0.3, -0.25) is 9.69 Å². The van der Waals surface area contributed by atoms with E-state index in [2.05, 4.69) is 15.1 Å². The third kappa shape index (κ3) is 3.53. The van der Waals surface area contributed by atoms with E-state index in [0.29, 0.717) is 12.5 Å². The van der Waals surface area contributed by atoms with Crippen LogP contribution in [-0.4, -0.2) is 61.5 Å². The summed E-state index contributed by atoms with van der Waals surface area (Å²) in [4.78, 5) is 17.0. The van der Waals surface area contributed by atoms with Crippen LogP contribution in [0.4, 0.5) is 0 Å². The quantitative estimate of drug-likeness (QED) is 0.828. The fraction of sp³-hybridized carbons (Fsp3) is 0.938. The molecular formula is C16H29N3O. The summed E-state index contributed by atoms with van der Waals surface area (Å²) >= 11 is 0. The molecule has 3 rings (SSSR count). The molecule has 1 N–H and O–H groups in total. The van der Waals surface area contributed by atoms with Crippen molar-refractivity contribution in [3.63, 3.8) is 0 Å². The van der Waals surface area contributed by atoms with Crippen molar-refractivity contribution in [2.45, 2.75) is 38.5 Å². The maximum absolute atomic E-state index is 12.5. The van der Waals surface area contributed by atoms with Gasteiger partial charge in [0.25, 0.3) is 0 Å². The molecule has 0 aromatic rings. The topological polar surface area (TPSA) is 35.6 Å². The minimum atomic E-state index is 0.371. The molecule has 2 unspecified atom stereocenters. The van der Waals surface area contributed by atoms with Gasteiger partial charge in [-0.25, -0.2) is 0 Å². The van der Waals surface area contributed by atoms with Crippen molar-refractivity contribution in [2.75, 3.05) is 45.8 Å². The van der Waals surface area contributed by atoms with Crippen LogP contribution in [0, 0.1) is 11.8 Å². The van der Waals surface area contributed by atoms with E-state index in [1.807, 2.05) is 0 Å². The first-order chi connectivity index (χ1) is 9.83. The number of carbonyl (C=O) groups excluding carboxylic acids is 1. The van der Waals surface area contributed by atoms with Crippen molar-refractivity contribution >= 4 is 5.91 Å². The molecule has 0 aromatic carbocycles. The van der Waals surface area contributed by atoms with Crippen molar-refractivity contribution in [3.05, 3.63) is 0 Å². The van der Waals surface area contributed by atoms with Gasteiger partial charge in [-0.15, -0.1) is 0 Å². The van der Waals surface area contributed by atoms with Gasteiger partial charge in [0.15, 0.2) is 0 Å². The largest absolute Gasteiger partial charge is 0.341 e. The molecule has 1 amide bonds. The molecule has 2 saturated heterocycles. The summed E-state index contributed by atoms with van der Waals surface area (Å²) in [6, 6.07) is 0. The summed E-state index contributed by atoms with van der Waals surface area (Å²) < 4.78 is 0. The highest BCUT2D eigenvalue weighted by molar-refractivity contribution is 5.78. The predicted molar refractivity (Wildman–Crippen MR) is 80.6 cm³/mol. The minimum absolute atomic E-state index is 0.371. The fourth-order valence-electron chi connectivity index (χ4n) is 4.18. The SMILES string of the molecule is O=C(CN1CCCNCC1)N1CCC2CCCCC2C1. The number of fused-ring (bicyclic) bond motifs is 1. The van der Waals surface area contributed by atoms with Crippen molar-refractivity contribution < 1.29 is 4.79 Å². The van der Waals surface area contributed by atoms with Crippen molar-refractivity contribution in [1.29, 1.82) is 0 Å². The monoisotopic (exact) mass is 279 g/mol. The lowest BCUT2D eigenvalue weighted by molar-refractivity contribution is -0.135. The van der Waals surface area contributed by atoms with Gasteiger partial charge in [0, 0.05) is 26.2 Å². The first-order valence-corrected chi connectivity index (χ1v) is 8.54. The second-order valence-corrected chi connectivity index (χ2v) is 6.81. The lowest BCUT2D eigenvalue weighted by Gasteiger charge is -2.41. The number of likely N-dealkylation sites (tertiary alicyclic amines) is 1. The Kier molecular flexibility index (Phi) is 4.94. The number of nitrogens with one attached hydrogen (secondary N) is 1. The lowest BCUT2D eigenvalue weighted by atomic mass is 9.75.